The van der Waals surface area contributed by atoms with E-state index in [1.807, 2.05) is 28.5 Å². The van der Waals surface area contributed by atoms with Crippen LogP contribution in [-0.4, -0.2) is 57.8 Å². The number of piperazine rings is 1. The summed E-state index contributed by atoms with van der Waals surface area (Å²) in [6.45, 7) is 2.81. The fourth-order valence-corrected chi connectivity index (χ4v) is 5.03. The molecule has 0 aromatic heterocycles. The summed E-state index contributed by atoms with van der Waals surface area (Å²) in [5, 5.41) is 0.736. The average Bonchev–Trinajstić information content (AvgIpc) is 3.01. The summed E-state index contributed by atoms with van der Waals surface area (Å²) in [5.74, 6) is 0.429. The van der Waals surface area contributed by atoms with Crippen molar-refractivity contribution in [1.82, 2.24) is 9.80 Å². The number of carbonyl (C=O) groups is 2. The van der Waals surface area contributed by atoms with Crippen molar-refractivity contribution >= 4 is 23.6 Å². The maximum absolute atomic E-state index is 12.9. The summed E-state index contributed by atoms with van der Waals surface area (Å²) in [5.41, 5.74) is 0. The SMILES string of the molecule is CCC1C(=O)N2CCCC2C(=O)N1C1CCC(SC)CC1. The molecule has 2 aliphatic heterocycles. The first-order chi connectivity index (χ1) is 10.2. The first kappa shape index (κ1) is 15.2. The zero-order valence-corrected chi connectivity index (χ0v) is 13.9. The molecule has 3 rings (SSSR count). The van der Waals surface area contributed by atoms with Gasteiger partial charge in [-0.3, -0.25) is 9.59 Å². The molecule has 0 aromatic carbocycles. The molecule has 0 aromatic rings. The van der Waals surface area contributed by atoms with Crippen LogP contribution in [0.25, 0.3) is 0 Å². The zero-order valence-electron chi connectivity index (χ0n) is 13.1. The zero-order chi connectivity index (χ0) is 15.0. The Morgan fingerprint density at radius 3 is 2.43 bits per heavy atom. The Hall–Kier alpha value is -0.710. The second-order valence-electron chi connectivity index (χ2n) is 6.53. The largest absolute Gasteiger partial charge is 0.329 e. The maximum atomic E-state index is 12.9. The first-order valence-electron chi connectivity index (χ1n) is 8.32. The van der Waals surface area contributed by atoms with Gasteiger partial charge in [-0.05, 0) is 51.2 Å². The van der Waals surface area contributed by atoms with E-state index >= 15 is 0 Å². The van der Waals surface area contributed by atoms with Gasteiger partial charge >= 0.3 is 0 Å². The van der Waals surface area contributed by atoms with E-state index < -0.39 is 0 Å². The van der Waals surface area contributed by atoms with Crippen molar-refractivity contribution in [2.24, 2.45) is 0 Å². The Bertz CT molecular complexity index is 421. The van der Waals surface area contributed by atoms with Crippen molar-refractivity contribution in [3.8, 4) is 0 Å². The highest BCUT2D eigenvalue weighted by Gasteiger charge is 2.49. The predicted molar refractivity (Wildman–Crippen MR) is 85.2 cm³/mol. The van der Waals surface area contributed by atoms with Crippen LogP contribution in [0.2, 0.25) is 0 Å². The third-order valence-electron chi connectivity index (χ3n) is 5.45. The highest BCUT2D eigenvalue weighted by molar-refractivity contribution is 7.99. The van der Waals surface area contributed by atoms with Gasteiger partial charge < -0.3 is 9.80 Å². The Kier molecular flexibility index (Phi) is 4.48. The van der Waals surface area contributed by atoms with E-state index in [0.29, 0.717) is 0 Å². The van der Waals surface area contributed by atoms with Crippen molar-refractivity contribution in [1.29, 1.82) is 0 Å². The topological polar surface area (TPSA) is 40.6 Å². The monoisotopic (exact) mass is 310 g/mol. The Labute approximate surface area is 131 Å². The smallest absolute Gasteiger partial charge is 0.246 e. The molecule has 4 nitrogen and oxygen atoms in total. The fourth-order valence-electron chi connectivity index (χ4n) is 4.29. The third-order valence-corrected chi connectivity index (χ3v) is 6.59. The minimum absolute atomic E-state index is 0.154. The highest BCUT2D eigenvalue weighted by atomic mass is 32.2. The first-order valence-corrected chi connectivity index (χ1v) is 9.61. The van der Waals surface area contributed by atoms with Crippen molar-refractivity contribution < 1.29 is 9.59 Å². The van der Waals surface area contributed by atoms with E-state index in [9.17, 15) is 9.59 Å². The summed E-state index contributed by atoms with van der Waals surface area (Å²) < 4.78 is 0. The minimum atomic E-state index is -0.206. The number of amides is 2. The molecular weight excluding hydrogens is 284 g/mol. The lowest BCUT2D eigenvalue weighted by molar-refractivity contribution is -0.163. The molecule has 0 bridgehead atoms. The van der Waals surface area contributed by atoms with E-state index in [1.54, 1.807) is 0 Å². The molecule has 1 saturated carbocycles. The van der Waals surface area contributed by atoms with Crippen molar-refractivity contribution in [2.45, 2.75) is 75.2 Å². The molecule has 0 radical (unpaired) electrons. The van der Waals surface area contributed by atoms with E-state index in [1.165, 1.54) is 12.8 Å². The Morgan fingerprint density at radius 1 is 1.10 bits per heavy atom. The number of thioether (sulfide) groups is 1. The van der Waals surface area contributed by atoms with Gasteiger partial charge in [0.1, 0.15) is 12.1 Å². The van der Waals surface area contributed by atoms with Gasteiger partial charge in [0.05, 0.1) is 0 Å². The molecule has 3 fully saturated rings. The van der Waals surface area contributed by atoms with Gasteiger partial charge in [0.15, 0.2) is 0 Å². The van der Waals surface area contributed by atoms with Gasteiger partial charge in [0, 0.05) is 17.8 Å². The van der Waals surface area contributed by atoms with E-state index in [0.717, 1.165) is 43.9 Å². The summed E-state index contributed by atoms with van der Waals surface area (Å²) >= 11 is 1.94. The van der Waals surface area contributed by atoms with Crippen LogP contribution >= 0.6 is 11.8 Å². The second-order valence-corrected chi connectivity index (χ2v) is 7.66. The highest BCUT2D eigenvalue weighted by Crippen LogP contribution is 2.35. The minimum Gasteiger partial charge on any atom is -0.329 e. The molecular formula is C16H26N2O2S. The lowest BCUT2D eigenvalue weighted by Crippen LogP contribution is -2.65. The number of hydrogen-bond donors (Lipinski definition) is 0. The molecule has 5 heteroatoms. The van der Waals surface area contributed by atoms with Crippen molar-refractivity contribution in [3.63, 3.8) is 0 Å². The van der Waals surface area contributed by atoms with E-state index in [4.69, 9.17) is 0 Å². The molecule has 3 aliphatic rings. The molecule has 2 atom stereocenters. The fraction of sp³-hybridized carbons (Fsp3) is 0.875. The number of fused-ring (bicyclic) bond motifs is 1. The summed E-state index contributed by atoms with van der Waals surface area (Å²) in [6, 6.07) is -0.0706. The molecule has 0 N–H and O–H groups in total. The van der Waals surface area contributed by atoms with Crippen LogP contribution in [0, 0.1) is 0 Å². The van der Waals surface area contributed by atoms with Crippen LogP contribution in [0.1, 0.15) is 51.9 Å². The number of rotatable bonds is 3. The van der Waals surface area contributed by atoms with Gasteiger partial charge in [-0.1, -0.05) is 6.92 Å². The van der Waals surface area contributed by atoms with Gasteiger partial charge in [-0.2, -0.15) is 11.8 Å². The average molecular weight is 310 g/mol. The molecule has 21 heavy (non-hydrogen) atoms. The van der Waals surface area contributed by atoms with Gasteiger partial charge in [-0.15, -0.1) is 0 Å². The van der Waals surface area contributed by atoms with Crippen LogP contribution in [0.3, 0.4) is 0 Å². The van der Waals surface area contributed by atoms with Crippen LogP contribution in [0.4, 0.5) is 0 Å². The van der Waals surface area contributed by atoms with Crippen LogP contribution in [-0.2, 0) is 9.59 Å². The summed E-state index contributed by atoms with van der Waals surface area (Å²) in [6.07, 6.45) is 9.23. The number of hydrogen-bond acceptors (Lipinski definition) is 3. The Morgan fingerprint density at radius 2 is 1.81 bits per heavy atom. The molecule has 2 unspecified atom stereocenters. The molecule has 0 spiro atoms. The molecule has 2 saturated heterocycles. The third kappa shape index (κ3) is 2.58. The van der Waals surface area contributed by atoms with E-state index in [2.05, 4.69) is 6.26 Å². The quantitative estimate of drug-likeness (QED) is 0.803. The van der Waals surface area contributed by atoms with Crippen LogP contribution < -0.4 is 0 Å². The lowest BCUT2D eigenvalue weighted by atomic mass is 9.90. The van der Waals surface area contributed by atoms with Gasteiger partial charge in [0.25, 0.3) is 0 Å². The second kappa shape index (κ2) is 6.19. The standard InChI is InChI=1S/C16H26N2O2S/c1-3-13-15(19)17-10-4-5-14(17)16(20)18(13)11-6-8-12(21-2)9-7-11/h11-14H,3-10H2,1-2H3. The number of carbonyl (C=O) groups excluding carboxylic acids is 2. The molecule has 2 heterocycles. The van der Waals surface area contributed by atoms with Gasteiger partial charge in [-0.25, -0.2) is 0 Å². The van der Waals surface area contributed by atoms with Crippen LogP contribution in [0.15, 0.2) is 0 Å². The van der Waals surface area contributed by atoms with Crippen molar-refractivity contribution in [3.05, 3.63) is 0 Å². The maximum Gasteiger partial charge on any atom is 0.246 e. The summed E-state index contributed by atoms with van der Waals surface area (Å²) in [7, 11) is 0. The number of nitrogens with zero attached hydrogens (tertiary/aromatic N) is 2. The Balaban J connectivity index is 1.78. The van der Waals surface area contributed by atoms with Crippen LogP contribution in [0.5, 0.6) is 0 Å². The van der Waals surface area contributed by atoms with Gasteiger partial charge in [0.2, 0.25) is 11.8 Å². The normalized spacial score (nSPS) is 37.0. The molecule has 2 amide bonds. The van der Waals surface area contributed by atoms with Crippen molar-refractivity contribution in [2.75, 3.05) is 12.8 Å². The molecule has 1 aliphatic carbocycles. The summed E-state index contributed by atoms with van der Waals surface area (Å²) in [4.78, 5) is 29.4. The van der Waals surface area contributed by atoms with E-state index in [-0.39, 0.29) is 29.9 Å². The predicted octanol–water partition coefficient (Wildman–Crippen LogP) is 2.27. The molecule has 118 valence electrons. The lowest BCUT2D eigenvalue weighted by Gasteiger charge is -2.47.